The molecule has 1 saturated heterocycles. The SMILES string of the molecule is Cc1cc(C)cc(CN(C)C(=O)[C@]2(N3CCNCC3)CCc3ccccc32)c1. The summed E-state index contributed by atoms with van der Waals surface area (Å²) in [7, 11) is 1.96. The smallest absolute Gasteiger partial charge is 0.247 e. The van der Waals surface area contributed by atoms with Gasteiger partial charge in [-0.25, -0.2) is 0 Å². The number of nitrogens with zero attached hydrogens (tertiary/aromatic N) is 2. The van der Waals surface area contributed by atoms with Crippen molar-refractivity contribution in [1.82, 2.24) is 15.1 Å². The molecule has 0 spiro atoms. The highest BCUT2D eigenvalue weighted by Crippen LogP contribution is 2.43. The lowest BCUT2D eigenvalue weighted by Gasteiger charge is -2.44. The third-order valence-electron chi connectivity index (χ3n) is 6.28. The summed E-state index contributed by atoms with van der Waals surface area (Å²) in [6.07, 6.45) is 1.85. The molecule has 0 saturated carbocycles. The van der Waals surface area contributed by atoms with Crippen molar-refractivity contribution in [3.63, 3.8) is 0 Å². The Labute approximate surface area is 168 Å². The van der Waals surface area contributed by atoms with Gasteiger partial charge in [0.1, 0.15) is 5.54 Å². The number of rotatable bonds is 4. The maximum Gasteiger partial charge on any atom is 0.247 e. The van der Waals surface area contributed by atoms with E-state index in [4.69, 9.17) is 0 Å². The molecule has 1 aliphatic carbocycles. The van der Waals surface area contributed by atoms with E-state index < -0.39 is 5.54 Å². The summed E-state index contributed by atoms with van der Waals surface area (Å²) in [5, 5.41) is 3.43. The molecule has 2 aliphatic rings. The Morgan fingerprint density at radius 1 is 1.11 bits per heavy atom. The highest BCUT2D eigenvalue weighted by molar-refractivity contribution is 5.89. The van der Waals surface area contributed by atoms with E-state index in [9.17, 15) is 4.79 Å². The molecule has 1 heterocycles. The summed E-state index contributed by atoms with van der Waals surface area (Å²) < 4.78 is 0. The number of piperazine rings is 1. The second-order valence-corrected chi connectivity index (χ2v) is 8.41. The molecule has 1 N–H and O–H groups in total. The number of carbonyl (C=O) groups is 1. The van der Waals surface area contributed by atoms with Crippen molar-refractivity contribution in [3.05, 3.63) is 70.3 Å². The van der Waals surface area contributed by atoms with Crippen LogP contribution < -0.4 is 5.32 Å². The Morgan fingerprint density at radius 2 is 1.79 bits per heavy atom. The predicted octanol–water partition coefficient (Wildman–Crippen LogP) is 3.01. The van der Waals surface area contributed by atoms with Crippen LogP contribution in [-0.4, -0.2) is 48.9 Å². The first-order valence-electron chi connectivity index (χ1n) is 10.4. The molecular weight excluding hydrogens is 346 g/mol. The lowest BCUT2D eigenvalue weighted by Crippen LogP contribution is -2.60. The highest BCUT2D eigenvalue weighted by Gasteiger charge is 2.50. The summed E-state index contributed by atoms with van der Waals surface area (Å²) in [5.74, 6) is 0.235. The Kier molecular flexibility index (Phi) is 5.26. The van der Waals surface area contributed by atoms with Crippen LogP contribution in [-0.2, 0) is 23.3 Å². The lowest BCUT2D eigenvalue weighted by atomic mass is 9.87. The summed E-state index contributed by atoms with van der Waals surface area (Å²) in [4.78, 5) is 18.3. The molecule has 1 atom stereocenters. The number of likely N-dealkylation sites (N-methyl/N-ethyl adjacent to an activating group) is 1. The van der Waals surface area contributed by atoms with Gasteiger partial charge in [-0.2, -0.15) is 0 Å². The van der Waals surface area contributed by atoms with Gasteiger partial charge in [0, 0.05) is 39.8 Å². The fraction of sp³-hybridized carbons (Fsp3) is 0.458. The Balaban J connectivity index is 1.68. The molecule has 0 bridgehead atoms. The average molecular weight is 378 g/mol. The second kappa shape index (κ2) is 7.69. The molecule has 4 nitrogen and oxygen atoms in total. The van der Waals surface area contributed by atoms with Gasteiger partial charge >= 0.3 is 0 Å². The molecule has 4 heteroatoms. The number of amides is 1. The molecule has 4 rings (SSSR count). The topological polar surface area (TPSA) is 35.6 Å². The normalized spacial score (nSPS) is 22.1. The third kappa shape index (κ3) is 3.36. The van der Waals surface area contributed by atoms with Crippen LogP contribution >= 0.6 is 0 Å². The van der Waals surface area contributed by atoms with Crippen LogP contribution in [0.4, 0.5) is 0 Å². The number of hydrogen-bond donors (Lipinski definition) is 1. The van der Waals surface area contributed by atoms with E-state index in [1.54, 1.807) is 0 Å². The zero-order valence-electron chi connectivity index (χ0n) is 17.3. The van der Waals surface area contributed by atoms with Crippen LogP contribution in [0, 0.1) is 13.8 Å². The van der Waals surface area contributed by atoms with Crippen LogP contribution in [0.2, 0.25) is 0 Å². The third-order valence-corrected chi connectivity index (χ3v) is 6.28. The molecule has 2 aromatic carbocycles. The minimum absolute atomic E-state index is 0.235. The molecule has 0 unspecified atom stereocenters. The standard InChI is InChI=1S/C24H31N3O/c1-18-14-19(2)16-20(15-18)17-26(3)23(28)24(27-12-10-25-11-13-27)9-8-21-6-4-5-7-22(21)24/h4-7,14-16,25H,8-13,17H2,1-3H3/t24-/m0/s1. The van der Waals surface area contributed by atoms with Crippen molar-refractivity contribution < 1.29 is 4.79 Å². The molecule has 2 aromatic rings. The van der Waals surface area contributed by atoms with Crippen LogP contribution in [0.15, 0.2) is 42.5 Å². The van der Waals surface area contributed by atoms with E-state index in [1.165, 1.54) is 27.8 Å². The Hall–Kier alpha value is -2.17. The fourth-order valence-corrected chi connectivity index (χ4v) is 5.15. The van der Waals surface area contributed by atoms with Crippen LogP contribution in [0.5, 0.6) is 0 Å². The molecule has 1 aliphatic heterocycles. The monoisotopic (exact) mass is 377 g/mol. The van der Waals surface area contributed by atoms with Gasteiger partial charge < -0.3 is 10.2 Å². The minimum atomic E-state index is -0.522. The number of nitrogens with one attached hydrogen (secondary N) is 1. The molecular formula is C24H31N3O. The van der Waals surface area contributed by atoms with Gasteiger partial charge in [-0.1, -0.05) is 53.6 Å². The average Bonchev–Trinajstić information content (AvgIpc) is 3.08. The van der Waals surface area contributed by atoms with E-state index in [1.807, 2.05) is 11.9 Å². The minimum Gasteiger partial charge on any atom is -0.340 e. The Morgan fingerprint density at radius 3 is 2.50 bits per heavy atom. The number of aryl methyl sites for hydroxylation is 3. The van der Waals surface area contributed by atoms with E-state index in [0.29, 0.717) is 6.54 Å². The summed E-state index contributed by atoms with van der Waals surface area (Å²) >= 11 is 0. The maximum absolute atomic E-state index is 14.0. The maximum atomic E-state index is 14.0. The molecule has 0 radical (unpaired) electrons. The van der Waals surface area contributed by atoms with Crippen molar-refractivity contribution in [1.29, 1.82) is 0 Å². The van der Waals surface area contributed by atoms with Gasteiger partial charge in [-0.15, -0.1) is 0 Å². The summed E-state index contributed by atoms with van der Waals surface area (Å²) in [5.41, 5.74) is 5.72. The second-order valence-electron chi connectivity index (χ2n) is 8.41. The highest BCUT2D eigenvalue weighted by atomic mass is 16.2. The first kappa shape index (κ1) is 19.2. The van der Waals surface area contributed by atoms with E-state index in [0.717, 1.165) is 39.0 Å². The largest absolute Gasteiger partial charge is 0.340 e. The predicted molar refractivity (Wildman–Crippen MR) is 113 cm³/mol. The van der Waals surface area contributed by atoms with Gasteiger partial charge in [0.15, 0.2) is 0 Å². The van der Waals surface area contributed by atoms with Crippen LogP contribution in [0.3, 0.4) is 0 Å². The van der Waals surface area contributed by atoms with Crippen LogP contribution in [0.25, 0.3) is 0 Å². The van der Waals surface area contributed by atoms with Crippen molar-refractivity contribution in [2.45, 2.75) is 38.8 Å². The van der Waals surface area contributed by atoms with Crippen molar-refractivity contribution in [3.8, 4) is 0 Å². The van der Waals surface area contributed by atoms with Crippen molar-refractivity contribution >= 4 is 5.91 Å². The van der Waals surface area contributed by atoms with Gasteiger partial charge in [0.25, 0.3) is 0 Å². The summed E-state index contributed by atoms with van der Waals surface area (Å²) in [6.45, 7) is 8.60. The number of benzene rings is 2. The van der Waals surface area contributed by atoms with Gasteiger partial charge in [-0.05, 0) is 43.4 Å². The fourth-order valence-electron chi connectivity index (χ4n) is 5.15. The Bertz CT molecular complexity index is 852. The molecule has 28 heavy (non-hydrogen) atoms. The van der Waals surface area contributed by atoms with E-state index in [-0.39, 0.29) is 5.91 Å². The number of carbonyl (C=O) groups excluding carboxylic acids is 1. The molecule has 148 valence electrons. The lowest BCUT2D eigenvalue weighted by molar-refractivity contribution is -0.145. The van der Waals surface area contributed by atoms with Crippen LogP contribution in [0.1, 0.15) is 34.2 Å². The zero-order chi connectivity index (χ0) is 19.7. The van der Waals surface area contributed by atoms with Gasteiger partial charge in [0.2, 0.25) is 5.91 Å². The first-order valence-corrected chi connectivity index (χ1v) is 10.4. The van der Waals surface area contributed by atoms with Gasteiger partial charge in [0.05, 0.1) is 0 Å². The number of fused-ring (bicyclic) bond motifs is 1. The van der Waals surface area contributed by atoms with Gasteiger partial charge in [-0.3, -0.25) is 9.69 Å². The van der Waals surface area contributed by atoms with Crippen molar-refractivity contribution in [2.24, 2.45) is 0 Å². The van der Waals surface area contributed by atoms with E-state index >= 15 is 0 Å². The molecule has 1 amide bonds. The number of hydrogen-bond acceptors (Lipinski definition) is 3. The molecule has 1 fully saturated rings. The van der Waals surface area contributed by atoms with Crippen molar-refractivity contribution in [2.75, 3.05) is 33.2 Å². The van der Waals surface area contributed by atoms with E-state index in [2.05, 4.69) is 66.5 Å². The first-order chi connectivity index (χ1) is 13.5. The zero-order valence-corrected chi connectivity index (χ0v) is 17.3. The molecule has 0 aromatic heterocycles. The summed E-state index contributed by atoms with van der Waals surface area (Å²) in [6, 6.07) is 15.1. The quantitative estimate of drug-likeness (QED) is 0.890.